The Labute approximate surface area is 163 Å². The smallest absolute Gasteiger partial charge is 0.321 e. The fraction of sp³-hybridized carbons (Fsp3) is 0.381. The molecule has 146 valence electrons. The number of aliphatic hydroxyl groups is 1. The van der Waals surface area contributed by atoms with Gasteiger partial charge in [-0.25, -0.2) is 4.79 Å². The van der Waals surface area contributed by atoms with Crippen molar-refractivity contribution >= 4 is 22.8 Å². The number of rotatable bonds is 5. The molecule has 1 fully saturated rings. The lowest BCUT2D eigenvalue weighted by atomic mass is 9.88. The standard InChI is InChI=1S/C21H25N5O2/c27-20(9-6-15-4-2-1-3-5-15)16-10-12-26(13-11-16)21(28)22-17-7-8-18-19(14-17)24-25-23-18/h1-5,7-8,14,16,20,27H,6,9-13H2,(H,22,28)(H,23,24,25). The second kappa shape index (κ2) is 8.39. The molecule has 1 aliphatic rings. The van der Waals surface area contributed by atoms with Crippen LogP contribution in [0.3, 0.4) is 0 Å². The molecule has 3 aromatic rings. The number of likely N-dealkylation sites (tertiary alicyclic amines) is 1. The van der Waals surface area contributed by atoms with E-state index in [0.717, 1.165) is 36.7 Å². The van der Waals surface area contributed by atoms with E-state index in [1.807, 2.05) is 35.2 Å². The topological polar surface area (TPSA) is 94.1 Å². The summed E-state index contributed by atoms with van der Waals surface area (Å²) >= 11 is 0. The zero-order valence-corrected chi connectivity index (χ0v) is 15.7. The second-order valence-electron chi connectivity index (χ2n) is 7.37. The predicted molar refractivity (Wildman–Crippen MR) is 108 cm³/mol. The molecule has 4 rings (SSSR count). The summed E-state index contributed by atoms with van der Waals surface area (Å²) in [5.41, 5.74) is 3.44. The lowest BCUT2D eigenvalue weighted by Crippen LogP contribution is -2.43. The number of nitrogens with zero attached hydrogens (tertiary/aromatic N) is 3. The number of aromatic amines is 1. The Hall–Kier alpha value is -2.93. The van der Waals surface area contributed by atoms with Gasteiger partial charge < -0.3 is 15.3 Å². The van der Waals surface area contributed by atoms with Crippen LogP contribution in [0.1, 0.15) is 24.8 Å². The Morgan fingerprint density at radius 2 is 1.89 bits per heavy atom. The first-order valence-electron chi connectivity index (χ1n) is 9.77. The van der Waals surface area contributed by atoms with Crippen molar-refractivity contribution in [3.8, 4) is 0 Å². The van der Waals surface area contributed by atoms with Gasteiger partial charge >= 0.3 is 6.03 Å². The van der Waals surface area contributed by atoms with E-state index in [-0.39, 0.29) is 18.1 Å². The van der Waals surface area contributed by atoms with Gasteiger partial charge in [0.25, 0.3) is 0 Å². The van der Waals surface area contributed by atoms with Crippen molar-refractivity contribution in [3.63, 3.8) is 0 Å². The van der Waals surface area contributed by atoms with E-state index in [4.69, 9.17) is 0 Å². The quantitative estimate of drug-likeness (QED) is 0.634. The third kappa shape index (κ3) is 4.31. The van der Waals surface area contributed by atoms with Gasteiger partial charge in [-0.1, -0.05) is 30.3 Å². The summed E-state index contributed by atoms with van der Waals surface area (Å²) in [6, 6.07) is 15.6. The number of amides is 2. The molecule has 1 unspecified atom stereocenters. The van der Waals surface area contributed by atoms with Crippen molar-refractivity contribution in [2.24, 2.45) is 5.92 Å². The molecular weight excluding hydrogens is 354 g/mol. The monoisotopic (exact) mass is 379 g/mol. The van der Waals surface area contributed by atoms with Crippen LogP contribution in [-0.4, -0.2) is 50.6 Å². The highest BCUT2D eigenvalue weighted by molar-refractivity contribution is 5.91. The van der Waals surface area contributed by atoms with Crippen LogP contribution in [0.2, 0.25) is 0 Å². The van der Waals surface area contributed by atoms with Crippen LogP contribution >= 0.6 is 0 Å². The lowest BCUT2D eigenvalue weighted by molar-refractivity contribution is 0.0626. The number of H-pyrrole nitrogens is 1. The predicted octanol–water partition coefficient (Wildman–Crippen LogP) is 3.20. The van der Waals surface area contributed by atoms with Crippen molar-refractivity contribution in [1.29, 1.82) is 0 Å². The van der Waals surface area contributed by atoms with E-state index in [1.165, 1.54) is 5.56 Å². The minimum absolute atomic E-state index is 0.111. The maximum absolute atomic E-state index is 12.5. The highest BCUT2D eigenvalue weighted by Crippen LogP contribution is 2.24. The number of hydrogen-bond donors (Lipinski definition) is 3. The number of carbonyl (C=O) groups is 1. The molecule has 2 heterocycles. The number of urea groups is 1. The van der Waals surface area contributed by atoms with E-state index in [2.05, 4.69) is 32.9 Å². The highest BCUT2D eigenvalue weighted by Gasteiger charge is 2.27. The third-order valence-corrected chi connectivity index (χ3v) is 5.51. The fourth-order valence-corrected chi connectivity index (χ4v) is 3.80. The molecule has 0 spiro atoms. The van der Waals surface area contributed by atoms with Crippen LogP contribution in [0, 0.1) is 5.92 Å². The molecule has 3 N–H and O–H groups in total. The van der Waals surface area contributed by atoms with Crippen molar-refractivity contribution in [2.75, 3.05) is 18.4 Å². The van der Waals surface area contributed by atoms with Gasteiger partial charge in [0.05, 0.1) is 6.10 Å². The zero-order chi connectivity index (χ0) is 19.3. The number of hydrogen-bond acceptors (Lipinski definition) is 4. The largest absolute Gasteiger partial charge is 0.393 e. The van der Waals surface area contributed by atoms with Crippen molar-refractivity contribution in [2.45, 2.75) is 31.8 Å². The van der Waals surface area contributed by atoms with Gasteiger partial charge in [0, 0.05) is 18.8 Å². The van der Waals surface area contributed by atoms with Gasteiger partial charge in [0.2, 0.25) is 0 Å². The van der Waals surface area contributed by atoms with Crippen LogP contribution in [-0.2, 0) is 6.42 Å². The number of nitrogens with one attached hydrogen (secondary N) is 2. The Morgan fingerprint density at radius 3 is 2.68 bits per heavy atom. The summed E-state index contributed by atoms with van der Waals surface area (Å²) in [5, 5.41) is 24.1. The molecule has 0 aliphatic carbocycles. The number of benzene rings is 2. The normalized spacial score (nSPS) is 16.2. The molecule has 7 nitrogen and oxygen atoms in total. The van der Waals surface area contributed by atoms with Gasteiger partial charge in [-0.05, 0) is 55.4 Å². The second-order valence-corrected chi connectivity index (χ2v) is 7.37. The lowest BCUT2D eigenvalue weighted by Gasteiger charge is -2.34. The molecule has 1 saturated heterocycles. The maximum Gasteiger partial charge on any atom is 0.321 e. The van der Waals surface area contributed by atoms with E-state index in [0.29, 0.717) is 18.8 Å². The summed E-state index contributed by atoms with van der Waals surface area (Å²) in [7, 11) is 0. The maximum atomic E-state index is 12.5. The summed E-state index contributed by atoms with van der Waals surface area (Å²) in [4.78, 5) is 14.4. The van der Waals surface area contributed by atoms with Gasteiger partial charge in [0.15, 0.2) is 0 Å². The van der Waals surface area contributed by atoms with Gasteiger partial charge in [-0.2, -0.15) is 15.4 Å². The van der Waals surface area contributed by atoms with Crippen molar-refractivity contribution in [3.05, 3.63) is 54.1 Å². The molecule has 1 atom stereocenters. The summed E-state index contributed by atoms with van der Waals surface area (Å²) in [5.74, 6) is 0.249. The first-order chi connectivity index (χ1) is 13.7. The first-order valence-corrected chi connectivity index (χ1v) is 9.77. The highest BCUT2D eigenvalue weighted by atomic mass is 16.3. The van der Waals surface area contributed by atoms with Gasteiger partial charge in [-0.3, -0.25) is 0 Å². The van der Waals surface area contributed by atoms with E-state index in [9.17, 15) is 9.90 Å². The summed E-state index contributed by atoms with van der Waals surface area (Å²) in [6.07, 6.45) is 2.98. The molecule has 1 aliphatic heterocycles. The SMILES string of the molecule is O=C(Nc1ccc2n[nH]nc2c1)N1CCC(C(O)CCc2ccccc2)CC1. The number of anilines is 1. The van der Waals surface area contributed by atoms with Gasteiger partial charge in [0.1, 0.15) is 11.0 Å². The molecule has 28 heavy (non-hydrogen) atoms. The van der Waals surface area contributed by atoms with Crippen LogP contribution in [0.4, 0.5) is 10.5 Å². The van der Waals surface area contributed by atoms with Crippen LogP contribution in [0.15, 0.2) is 48.5 Å². The molecule has 0 saturated carbocycles. The average molecular weight is 379 g/mol. The fourth-order valence-electron chi connectivity index (χ4n) is 3.80. The number of aryl methyl sites for hydroxylation is 1. The minimum Gasteiger partial charge on any atom is -0.393 e. The van der Waals surface area contributed by atoms with Crippen LogP contribution < -0.4 is 5.32 Å². The molecule has 2 amide bonds. The molecule has 7 heteroatoms. The molecule has 2 aromatic carbocycles. The first kappa shape index (κ1) is 18.4. The molecule has 0 radical (unpaired) electrons. The Kier molecular flexibility index (Phi) is 5.53. The number of fused-ring (bicyclic) bond motifs is 1. The molecular formula is C21H25N5O2. The van der Waals surface area contributed by atoms with Crippen LogP contribution in [0.5, 0.6) is 0 Å². The Morgan fingerprint density at radius 1 is 1.14 bits per heavy atom. The number of aliphatic hydroxyl groups excluding tert-OH is 1. The Balaban J connectivity index is 1.25. The summed E-state index contributed by atoms with van der Waals surface area (Å²) in [6.45, 7) is 1.32. The molecule has 1 aromatic heterocycles. The number of aromatic nitrogens is 3. The average Bonchev–Trinajstić information content (AvgIpc) is 3.21. The van der Waals surface area contributed by atoms with E-state index in [1.54, 1.807) is 6.07 Å². The van der Waals surface area contributed by atoms with E-state index >= 15 is 0 Å². The van der Waals surface area contributed by atoms with Crippen molar-refractivity contribution < 1.29 is 9.90 Å². The van der Waals surface area contributed by atoms with Crippen molar-refractivity contribution in [1.82, 2.24) is 20.3 Å². The van der Waals surface area contributed by atoms with Gasteiger partial charge in [-0.15, -0.1) is 0 Å². The third-order valence-electron chi connectivity index (χ3n) is 5.51. The van der Waals surface area contributed by atoms with E-state index < -0.39 is 0 Å². The minimum atomic E-state index is -0.319. The number of carbonyl (C=O) groups excluding carboxylic acids is 1. The molecule has 0 bridgehead atoms. The summed E-state index contributed by atoms with van der Waals surface area (Å²) < 4.78 is 0. The number of piperidine rings is 1. The zero-order valence-electron chi connectivity index (χ0n) is 15.7. The Bertz CT molecular complexity index is 919. The van der Waals surface area contributed by atoms with Crippen LogP contribution in [0.25, 0.3) is 11.0 Å².